The van der Waals surface area contributed by atoms with E-state index in [0.717, 1.165) is 60.7 Å². The zero-order chi connectivity index (χ0) is 22.3. The molecule has 32 heavy (non-hydrogen) atoms. The molecule has 4 atom stereocenters. The van der Waals surface area contributed by atoms with Crippen LogP contribution >= 0.6 is 11.8 Å². The second-order valence-electron chi connectivity index (χ2n) is 8.39. The number of thioether (sulfide) groups is 1. The molecule has 0 saturated heterocycles. The number of anilines is 1. The van der Waals surface area contributed by atoms with Gasteiger partial charge in [0.2, 0.25) is 0 Å². The number of hydrogen-bond acceptors (Lipinski definition) is 7. The van der Waals surface area contributed by atoms with Crippen LogP contribution in [0, 0.1) is 5.92 Å². The van der Waals surface area contributed by atoms with Gasteiger partial charge in [0.15, 0.2) is 0 Å². The molecule has 0 amide bonds. The van der Waals surface area contributed by atoms with Crippen molar-refractivity contribution in [2.24, 2.45) is 5.92 Å². The molecule has 3 aromatic rings. The molecule has 4 N–H and O–H groups in total. The molecule has 1 saturated carbocycles. The standard InChI is InChI=1S/C24H33N5O2S/c1-25-23-19-9-12-29(24(19)28-16-27-23)20-14-18(21(30)22(20)31)15-32-13-5-10-26-11-8-17-6-3-2-4-7-17/h2-4,6-7,9,12,16,18,20-22,26,30-31H,5,8,10-11,13-15H2,1H3,(H,25,27,28)/t18-,20-,21-,22+/m1/s1. The molecule has 0 bridgehead atoms. The lowest BCUT2D eigenvalue weighted by atomic mass is 10.1. The Morgan fingerprint density at radius 2 is 1.94 bits per heavy atom. The van der Waals surface area contributed by atoms with Crippen molar-refractivity contribution in [1.82, 2.24) is 19.9 Å². The van der Waals surface area contributed by atoms with E-state index >= 15 is 0 Å². The molecule has 0 spiro atoms. The third-order valence-corrected chi connectivity index (χ3v) is 7.52. The highest BCUT2D eigenvalue weighted by Gasteiger charge is 2.42. The Balaban J connectivity index is 1.20. The molecule has 1 aromatic carbocycles. The molecule has 1 fully saturated rings. The fourth-order valence-corrected chi connectivity index (χ4v) is 5.67. The highest BCUT2D eigenvalue weighted by atomic mass is 32.2. The molecule has 0 radical (unpaired) electrons. The number of fused-ring (bicyclic) bond motifs is 1. The Bertz CT molecular complexity index is 983. The van der Waals surface area contributed by atoms with Crippen molar-refractivity contribution in [1.29, 1.82) is 0 Å². The van der Waals surface area contributed by atoms with Gasteiger partial charge in [-0.1, -0.05) is 30.3 Å². The smallest absolute Gasteiger partial charge is 0.145 e. The average Bonchev–Trinajstić information content (AvgIpc) is 3.37. The molecule has 7 nitrogen and oxygen atoms in total. The monoisotopic (exact) mass is 455 g/mol. The molecule has 172 valence electrons. The predicted octanol–water partition coefficient (Wildman–Crippen LogP) is 2.71. The number of rotatable bonds is 11. The van der Waals surface area contributed by atoms with Gasteiger partial charge in [0.25, 0.3) is 0 Å². The maximum Gasteiger partial charge on any atom is 0.145 e. The van der Waals surface area contributed by atoms with Crippen LogP contribution in [0.25, 0.3) is 11.0 Å². The minimum absolute atomic E-state index is 0.0779. The van der Waals surface area contributed by atoms with Crippen LogP contribution in [0.15, 0.2) is 48.9 Å². The number of benzene rings is 1. The van der Waals surface area contributed by atoms with Gasteiger partial charge in [-0.25, -0.2) is 9.97 Å². The number of nitrogens with zero attached hydrogens (tertiary/aromatic N) is 3. The van der Waals surface area contributed by atoms with Crippen LogP contribution in [0.4, 0.5) is 5.82 Å². The van der Waals surface area contributed by atoms with Crippen LogP contribution in [-0.2, 0) is 6.42 Å². The molecule has 1 aliphatic carbocycles. The van der Waals surface area contributed by atoms with Gasteiger partial charge in [-0.3, -0.25) is 0 Å². The summed E-state index contributed by atoms with van der Waals surface area (Å²) in [6.45, 7) is 1.99. The lowest BCUT2D eigenvalue weighted by Crippen LogP contribution is -2.30. The number of nitrogens with one attached hydrogen (secondary N) is 2. The van der Waals surface area contributed by atoms with Gasteiger partial charge >= 0.3 is 0 Å². The summed E-state index contributed by atoms with van der Waals surface area (Å²) in [5.74, 6) is 2.75. The number of aliphatic hydroxyl groups excluding tert-OH is 2. The van der Waals surface area contributed by atoms with E-state index in [1.165, 1.54) is 11.9 Å². The molecule has 2 heterocycles. The average molecular weight is 456 g/mol. The van der Waals surface area contributed by atoms with Crippen molar-refractivity contribution < 1.29 is 10.2 Å². The molecular weight excluding hydrogens is 422 g/mol. The van der Waals surface area contributed by atoms with Crippen molar-refractivity contribution in [3.8, 4) is 0 Å². The van der Waals surface area contributed by atoms with Crippen molar-refractivity contribution in [2.75, 3.05) is 37.0 Å². The Morgan fingerprint density at radius 3 is 2.75 bits per heavy atom. The van der Waals surface area contributed by atoms with E-state index in [-0.39, 0.29) is 12.0 Å². The first-order valence-electron chi connectivity index (χ1n) is 11.4. The molecular formula is C24H33N5O2S. The van der Waals surface area contributed by atoms with E-state index in [1.54, 1.807) is 0 Å². The Kier molecular flexibility index (Phi) is 8.02. The lowest BCUT2D eigenvalue weighted by molar-refractivity contribution is 0.0104. The third-order valence-electron chi connectivity index (χ3n) is 6.28. The second kappa shape index (κ2) is 11.1. The van der Waals surface area contributed by atoms with Crippen LogP contribution < -0.4 is 10.6 Å². The summed E-state index contributed by atoms with van der Waals surface area (Å²) < 4.78 is 1.99. The van der Waals surface area contributed by atoms with Crippen molar-refractivity contribution >= 4 is 28.6 Å². The van der Waals surface area contributed by atoms with E-state index in [1.807, 2.05) is 41.7 Å². The van der Waals surface area contributed by atoms with E-state index < -0.39 is 12.2 Å². The first-order chi connectivity index (χ1) is 15.7. The number of aromatic nitrogens is 3. The summed E-state index contributed by atoms with van der Waals surface area (Å²) in [4.78, 5) is 8.67. The van der Waals surface area contributed by atoms with Crippen molar-refractivity contribution in [3.05, 3.63) is 54.5 Å². The largest absolute Gasteiger partial charge is 0.390 e. The van der Waals surface area contributed by atoms with Crippen LogP contribution in [-0.4, -0.2) is 68.6 Å². The lowest BCUT2D eigenvalue weighted by Gasteiger charge is -2.19. The van der Waals surface area contributed by atoms with Gasteiger partial charge in [-0.15, -0.1) is 0 Å². The third kappa shape index (κ3) is 5.26. The Hall–Kier alpha value is -2.13. The van der Waals surface area contributed by atoms with E-state index in [0.29, 0.717) is 0 Å². The van der Waals surface area contributed by atoms with Crippen LogP contribution in [0.2, 0.25) is 0 Å². The van der Waals surface area contributed by atoms with Crippen LogP contribution in [0.3, 0.4) is 0 Å². The molecule has 0 unspecified atom stereocenters. The molecule has 0 aliphatic heterocycles. The highest BCUT2D eigenvalue weighted by Crippen LogP contribution is 2.39. The van der Waals surface area contributed by atoms with Crippen molar-refractivity contribution in [2.45, 2.75) is 37.5 Å². The molecule has 1 aliphatic rings. The van der Waals surface area contributed by atoms with E-state index in [9.17, 15) is 10.2 Å². The first kappa shape index (κ1) is 23.0. The van der Waals surface area contributed by atoms with Crippen molar-refractivity contribution in [3.63, 3.8) is 0 Å². The van der Waals surface area contributed by atoms with Crippen LogP contribution in [0.1, 0.15) is 24.4 Å². The first-order valence-corrected chi connectivity index (χ1v) is 12.5. The minimum Gasteiger partial charge on any atom is -0.390 e. The fourth-order valence-electron chi connectivity index (χ4n) is 4.51. The molecule has 2 aromatic heterocycles. The highest BCUT2D eigenvalue weighted by molar-refractivity contribution is 7.99. The second-order valence-corrected chi connectivity index (χ2v) is 9.54. The van der Waals surface area contributed by atoms with Gasteiger partial charge < -0.3 is 25.4 Å². The predicted molar refractivity (Wildman–Crippen MR) is 131 cm³/mol. The quantitative estimate of drug-likeness (QED) is 0.330. The number of aliphatic hydroxyl groups is 2. The van der Waals surface area contributed by atoms with E-state index in [2.05, 4.69) is 44.9 Å². The summed E-state index contributed by atoms with van der Waals surface area (Å²) in [5, 5.41) is 28.9. The Labute approximate surface area is 193 Å². The maximum absolute atomic E-state index is 10.7. The minimum atomic E-state index is -0.788. The fraction of sp³-hybridized carbons (Fsp3) is 0.500. The van der Waals surface area contributed by atoms with Gasteiger partial charge in [0, 0.05) is 13.2 Å². The van der Waals surface area contributed by atoms with Gasteiger partial charge in [-0.05, 0) is 61.4 Å². The summed E-state index contributed by atoms with van der Waals surface area (Å²) in [5.41, 5.74) is 2.15. The van der Waals surface area contributed by atoms with E-state index in [4.69, 9.17) is 0 Å². The maximum atomic E-state index is 10.7. The summed E-state index contributed by atoms with van der Waals surface area (Å²) in [7, 11) is 1.83. The zero-order valence-corrected chi connectivity index (χ0v) is 19.3. The van der Waals surface area contributed by atoms with Gasteiger partial charge in [0.1, 0.15) is 23.9 Å². The normalized spacial score (nSPS) is 23.1. The van der Waals surface area contributed by atoms with Gasteiger partial charge in [0.05, 0.1) is 17.5 Å². The van der Waals surface area contributed by atoms with Gasteiger partial charge in [-0.2, -0.15) is 11.8 Å². The zero-order valence-electron chi connectivity index (χ0n) is 18.5. The molecule has 8 heteroatoms. The van der Waals surface area contributed by atoms with Crippen LogP contribution in [0.5, 0.6) is 0 Å². The SMILES string of the molecule is CNc1ncnc2c1ccn2[C@@H]1C[C@H](CSCCCNCCc2ccccc2)[C@@H](O)[C@H]1O. The Morgan fingerprint density at radius 1 is 1.09 bits per heavy atom. The molecule has 4 rings (SSSR count). The number of hydrogen-bond donors (Lipinski definition) is 4. The summed E-state index contributed by atoms with van der Waals surface area (Å²) >= 11 is 1.86. The topological polar surface area (TPSA) is 95.2 Å². The summed E-state index contributed by atoms with van der Waals surface area (Å²) in [6.07, 6.45) is 4.87. The summed E-state index contributed by atoms with van der Waals surface area (Å²) in [6, 6.07) is 12.3.